The molecule has 2 heterocycles. The zero-order valence-corrected chi connectivity index (χ0v) is 12.1. The molecule has 0 saturated heterocycles. The van der Waals surface area contributed by atoms with Gasteiger partial charge >= 0.3 is 11.7 Å². The lowest BCUT2D eigenvalue weighted by molar-refractivity contribution is -0.141. The molecule has 0 fully saturated rings. The molecule has 1 atom stereocenters. The summed E-state index contributed by atoms with van der Waals surface area (Å²) in [6.07, 6.45) is 4.72. The van der Waals surface area contributed by atoms with E-state index in [1.54, 1.807) is 20.8 Å². The summed E-state index contributed by atoms with van der Waals surface area (Å²) in [5.74, 6) is -1.43. The molecule has 0 amide bonds. The number of carboxylic acids is 1. The lowest BCUT2D eigenvalue weighted by atomic mass is 9.99. The largest absolute Gasteiger partial charge is 0.481 e. The quantitative estimate of drug-likeness (QED) is 0.897. The van der Waals surface area contributed by atoms with Crippen LogP contribution >= 0.6 is 0 Å². The van der Waals surface area contributed by atoms with Gasteiger partial charge in [0.15, 0.2) is 0 Å². The van der Waals surface area contributed by atoms with Crippen molar-refractivity contribution in [3.63, 3.8) is 0 Å². The van der Waals surface area contributed by atoms with Crippen LogP contribution in [0.4, 0.5) is 0 Å². The van der Waals surface area contributed by atoms with Gasteiger partial charge in [-0.3, -0.25) is 9.36 Å². The van der Waals surface area contributed by atoms with E-state index < -0.39 is 17.6 Å². The molecule has 0 aromatic carbocycles. The van der Waals surface area contributed by atoms with Crippen LogP contribution in [0.1, 0.15) is 23.9 Å². The van der Waals surface area contributed by atoms with Crippen LogP contribution in [-0.4, -0.2) is 30.6 Å². The highest BCUT2D eigenvalue weighted by Crippen LogP contribution is 2.17. The highest BCUT2D eigenvalue weighted by Gasteiger charge is 2.18. The molecule has 7 heteroatoms. The number of aromatic nitrogens is 4. The van der Waals surface area contributed by atoms with Crippen molar-refractivity contribution < 1.29 is 9.90 Å². The van der Waals surface area contributed by atoms with Crippen LogP contribution in [-0.2, 0) is 11.2 Å². The topological polar surface area (TPSA) is 98.0 Å². The van der Waals surface area contributed by atoms with Gasteiger partial charge in [0.2, 0.25) is 0 Å². The Balaban J connectivity index is 2.58. The van der Waals surface area contributed by atoms with Gasteiger partial charge in [-0.25, -0.2) is 14.8 Å². The number of aryl methyl sites for hydroxylation is 1. The maximum Gasteiger partial charge on any atom is 0.352 e. The lowest BCUT2D eigenvalue weighted by Gasteiger charge is -2.16. The molecule has 0 aliphatic rings. The number of carbonyl (C=O) groups is 1. The molecule has 0 aliphatic heterocycles. The second-order valence-electron chi connectivity index (χ2n) is 4.92. The fourth-order valence-electron chi connectivity index (χ4n) is 2.20. The van der Waals surface area contributed by atoms with Gasteiger partial charge in [0.05, 0.1) is 24.0 Å². The first-order valence-electron chi connectivity index (χ1n) is 6.49. The van der Waals surface area contributed by atoms with Crippen molar-refractivity contribution >= 4 is 5.97 Å². The first-order chi connectivity index (χ1) is 9.91. The number of rotatable bonds is 4. The Morgan fingerprint density at radius 1 is 1.33 bits per heavy atom. The molecule has 2 aromatic heterocycles. The fraction of sp³-hybridized carbons (Fsp3) is 0.357. The predicted molar refractivity (Wildman–Crippen MR) is 75.4 cm³/mol. The van der Waals surface area contributed by atoms with Gasteiger partial charge in [-0.05, 0) is 25.8 Å². The van der Waals surface area contributed by atoms with Crippen molar-refractivity contribution in [3.05, 3.63) is 46.2 Å². The standard InChI is InChI=1S/C14H16N4O3/c1-8(13(19)20)4-12-9(2)17-14(21)18(10(12)3)11-5-15-7-16-6-11/h5-8H,4H2,1-3H3,(H,19,20). The summed E-state index contributed by atoms with van der Waals surface area (Å²) in [7, 11) is 0. The van der Waals surface area contributed by atoms with Crippen molar-refractivity contribution in [2.75, 3.05) is 0 Å². The molecule has 0 bridgehead atoms. The summed E-state index contributed by atoms with van der Waals surface area (Å²) in [5, 5.41) is 9.06. The molecular formula is C14H16N4O3. The van der Waals surface area contributed by atoms with E-state index in [1.807, 2.05) is 0 Å². The molecule has 110 valence electrons. The Labute approximate surface area is 121 Å². The monoisotopic (exact) mass is 288 g/mol. The van der Waals surface area contributed by atoms with Gasteiger partial charge in [0.25, 0.3) is 0 Å². The van der Waals surface area contributed by atoms with Crippen molar-refractivity contribution in [2.45, 2.75) is 27.2 Å². The van der Waals surface area contributed by atoms with Gasteiger partial charge < -0.3 is 5.11 Å². The minimum Gasteiger partial charge on any atom is -0.481 e. The number of hydrogen-bond acceptors (Lipinski definition) is 5. The summed E-state index contributed by atoms with van der Waals surface area (Å²) in [6.45, 7) is 5.11. The van der Waals surface area contributed by atoms with Gasteiger partial charge in [-0.2, -0.15) is 4.98 Å². The number of aliphatic carboxylic acids is 1. The lowest BCUT2D eigenvalue weighted by Crippen LogP contribution is -2.27. The third kappa shape index (κ3) is 2.96. The van der Waals surface area contributed by atoms with E-state index in [0.717, 1.165) is 5.56 Å². The molecule has 2 aromatic rings. The smallest absolute Gasteiger partial charge is 0.352 e. The Hall–Kier alpha value is -2.57. The third-order valence-corrected chi connectivity index (χ3v) is 3.40. The van der Waals surface area contributed by atoms with Gasteiger partial charge in [0.1, 0.15) is 6.33 Å². The third-order valence-electron chi connectivity index (χ3n) is 3.40. The van der Waals surface area contributed by atoms with E-state index in [9.17, 15) is 9.59 Å². The molecule has 7 nitrogen and oxygen atoms in total. The van der Waals surface area contributed by atoms with Crippen LogP contribution in [0, 0.1) is 19.8 Å². The predicted octanol–water partition coefficient (Wildman–Crippen LogP) is 0.903. The Kier molecular flexibility index (Phi) is 4.11. The van der Waals surface area contributed by atoms with Crippen LogP contribution in [0.3, 0.4) is 0 Å². The summed E-state index contributed by atoms with van der Waals surface area (Å²) < 4.78 is 1.40. The first-order valence-corrected chi connectivity index (χ1v) is 6.49. The van der Waals surface area contributed by atoms with Gasteiger partial charge in [0, 0.05) is 11.4 Å². The van der Waals surface area contributed by atoms with Crippen molar-refractivity contribution in [3.8, 4) is 5.69 Å². The van der Waals surface area contributed by atoms with Crippen molar-refractivity contribution in [1.29, 1.82) is 0 Å². The number of carboxylic acid groups (broad SMARTS) is 1. The van der Waals surface area contributed by atoms with Gasteiger partial charge in [-0.1, -0.05) is 6.92 Å². The normalized spacial score (nSPS) is 12.1. The fourth-order valence-corrected chi connectivity index (χ4v) is 2.20. The summed E-state index contributed by atoms with van der Waals surface area (Å²) >= 11 is 0. The highest BCUT2D eigenvalue weighted by molar-refractivity contribution is 5.70. The van der Waals surface area contributed by atoms with E-state index in [4.69, 9.17) is 5.11 Å². The minimum atomic E-state index is -0.880. The van der Waals surface area contributed by atoms with E-state index >= 15 is 0 Å². The van der Waals surface area contributed by atoms with E-state index in [0.29, 0.717) is 23.5 Å². The van der Waals surface area contributed by atoms with Crippen LogP contribution in [0.5, 0.6) is 0 Å². The average Bonchev–Trinajstić information content (AvgIpc) is 2.44. The van der Waals surface area contributed by atoms with Crippen LogP contribution in [0.2, 0.25) is 0 Å². The number of nitrogens with zero attached hydrogens (tertiary/aromatic N) is 4. The van der Waals surface area contributed by atoms with E-state index in [2.05, 4.69) is 15.0 Å². The van der Waals surface area contributed by atoms with Gasteiger partial charge in [-0.15, -0.1) is 0 Å². The molecule has 0 saturated carbocycles. The summed E-state index contributed by atoms with van der Waals surface area (Å²) in [4.78, 5) is 34.9. The first kappa shape index (κ1) is 14.8. The Morgan fingerprint density at radius 3 is 2.52 bits per heavy atom. The second kappa shape index (κ2) is 5.82. The molecule has 21 heavy (non-hydrogen) atoms. The van der Waals surface area contributed by atoms with E-state index in [-0.39, 0.29) is 0 Å². The van der Waals surface area contributed by atoms with E-state index in [1.165, 1.54) is 23.3 Å². The van der Waals surface area contributed by atoms with Crippen molar-refractivity contribution in [2.24, 2.45) is 5.92 Å². The SMILES string of the molecule is Cc1nc(=O)n(-c2cncnc2)c(C)c1CC(C)C(=O)O. The number of hydrogen-bond donors (Lipinski definition) is 1. The summed E-state index contributed by atoms with van der Waals surface area (Å²) in [5.41, 5.74) is 2.06. The van der Waals surface area contributed by atoms with Crippen LogP contribution < -0.4 is 5.69 Å². The minimum absolute atomic E-state index is 0.313. The maximum absolute atomic E-state index is 12.1. The van der Waals surface area contributed by atoms with Crippen molar-refractivity contribution in [1.82, 2.24) is 19.5 Å². The van der Waals surface area contributed by atoms with Crippen LogP contribution in [0.25, 0.3) is 5.69 Å². The molecule has 1 unspecified atom stereocenters. The molecule has 0 radical (unpaired) electrons. The Morgan fingerprint density at radius 2 is 1.95 bits per heavy atom. The molecular weight excluding hydrogens is 272 g/mol. The van der Waals surface area contributed by atoms with Crippen LogP contribution in [0.15, 0.2) is 23.5 Å². The average molecular weight is 288 g/mol. The molecule has 0 aliphatic carbocycles. The molecule has 0 spiro atoms. The highest BCUT2D eigenvalue weighted by atomic mass is 16.4. The molecule has 2 rings (SSSR count). The molecule has 1 N–H and O–H groups in total. The maximum atomic E-state index is 12.1. The Bertz CT molecular complexity index is 725. The zero-order valence-electron chi connectivity index (χ0n) is 12.1. The second-order valence-corrected chi connectivity index (χ2v) is 4.92. The zero-order chi connectivity index (χ0) is 15.6. The summed E-state index contributed by atoms with van der Waals surface area (Å²) in [6, 6.07) is 0.